The zero-order valence-corrected chi connectivity index (χ0v) is 10.2. The highest BCUT2D eigenvalue weighted by atomic mass is 16.1. The summed E-state index contributed by atoms with van der Waals surface area (Å²) in [5.41, 5.74) is 3.03. The monoisotopic (exact) mass is 252 g/mol. The molecule has 1 aliphatic carbocycles. The molecule has 0 atom stereocenters. The topological polar surface area (TPSA) is 81.6 Å². The van der Waals surface area contributed by atoms with Gasteiger partial charge in [-0.1, -0.05) is 0 Å². The summed E-state index contributed by atoms with van der Waals surface area (Å²) in [5.74, 6) is 0.454. The molecule has 1 aromatic heterocycles. The zero-order valence-electron chi connectivity index (χ0n) is 10.2. The maximum Gasteiger partial charge on any atom is 0.255 e. The second kappa shape index (κ2) is 4.58. The first kappa shape index (κ1) is 11.5. The highest BCUT2D eigenvalue weighted by Crippen LogP contribution is 2.18. The van der Waals surface area contributed by atoms with E-state index in [4.69, 9.17) is 5.26 Å². The van der Waals surface area contributed by atoms with Gasteiger partial charge in [0.25, 0.3) is 5.56 Å². The van der Waals surface area contributed by atoms with Gasteiger partial charge in [-0.3, -0.25) is 9.78 Å². The number of nitrogens with one attached hydrogen (secondary N) is 2. The molecule has 1 aliphatic rings. The van der Waals surface area contributed by atoms with Gasteiger partial charge in [0.15, 0.2) is 0 Å². The predicted octanol–water partition coefficient (Wildman–Crippen LogP) is 1.87. The first-order chi connectivity index (χ1) is 9.26. The summed E-state index contributed by atoms with van der Waals surface area (Å²) in [7, 11) is 0. The van der Waals surface area contributed by atoms with Gasteiger partial charge < -0.3 is 5.32 Å². The van der Waals surface area contributed by atoms with Crippen LogP contribution in [0.3, 0.4) is 0 Å². The minimum Gasteiger partial charge on any atom is -0.326 e. The number of fused-ring (bicyclic) bond motifs is 1. The number of aromatic amines is 1. The van der Waals surface area contributed by atoms with Crippen molar-refractivity contribution in [1.29, 1.82) is 5.26 Å². The molecule has 0 aliphatic heterocycles. The summed E-state index contributed by atoms with van der Waals surface area (Å²) in [6, 6.07) is 9.06. The first-order valence-corrected chi connectivity index (χ1v) is 6.15. The van der Waals surface area contributed by atoms with Crippen LogP contribution >= 0.6 is 0 Å². The van der Waals surface area contributed by atoms with Crippen LogP contribution in [0, 0.1) is 11.3 Å². The summed E-state index contributed by atoms with van der Waals surface area (Å²) in [6.45, 7) is 0. The molecule has 1 heterocycles. The SMILES string of the molecule is N#Cc1ccc(Nc2nc3c(c(=O)[nH]2)CCC3)cc1. The molecule has 0 fully saturated rings. The van der Waals surface area contributed by atoms with Crippen LogP contribution in [0.4, 0.5) is 11.6 Å². The van der Waals surface area contributed by atoms with Crippen molar-refractivity contribution < 1.29 is 0 Å². The summed E-state index contributed by atoms with van der Waals surface area (Å²) < 4.78 is 0. The molecule has 0 unspecified atom stereocenters. The second-order valence-corrected chi connectivity index (χ2v) is 4.51. The van der Waals surface area contributed by atoms with E-state index in [9.17, 15) is 4.79 Å². The van der Waals surface area contributed by atoms with Gasteiger partial charge in [-0.25, -0.2) is 4.98 Å². The van der Waals surface area contributed by atoms with Gasteiger partial charge in [0.05, 0.1) is 17.3 Å². The molecule has 19 heavy (non-hydrogen) atoms. The van der Waals surface area contributed by atoms with Crippen LogP contribution < -0.4 is 10.9 Å². The van der Waals surface area contributed by atoms with Crippen LogP contribution in [0.25, 0.3) is 0 Å². The molecular weight excluding hydrogens is 240 g/mol. The smallest absolute Gasteiger partial charge is 0.255 e. The number of nitrogens with zero attached hydrogens (tertiary/aromatic N) is 2. The normalized spacial score (nSPS) is 12.8. The van der Waals surface area contributed by atoms with Crippen LogP contribution in [0.2, 0.25) is 0 Å². The van der Waals surface area contributed by atoms with Gasteiger partial charge in [0.2, 0.25) is 5.95 Å². The maximum atomic E-state index is 11.8. The van der Waals surface area contributed by atoms with Crippen molar-refractivity contribution in [2.45, 2.75) is 19.3 Å². The predicted molar refractivity (Wildman–Crippen MR) is 71.3 cm³/mol. The number of rotatable bonds is 2. The lowest BCUT2D eigenvalue weighted by atomic mass is 10.2. The Morgan fingerprint density at radius 2 is 2.05 bits per heavy atom. The fourth-order valence-corrected chi connectivity index (χ4v) is 2.27. The number of aryl methyl sites for hydroxylation is 1. The number of hydrogen-bond acceptors (Lipinski definition) is 4. The lowest BCUT2D eigenvalue weighted by Gasteiger charge is -2.07. The Morgan fingerprint density at radius 3 is 2.79 bits per heavy atom. The van der Waals surface area contributed by atoms with E-state index in [1.54, 1.807) is 24.3 Å². The first-order valence-electron chi connectivity index (χ1n) is 6.15. The summed E-state index contributed by atoms with van der Waals surface area (Å²) >= 11 is 0. The highest BCUT2D eigenvalue weighted by Gasteiger charge is 2.16. The molecule has 5 heteroatoms. The van der Waals surface area contributed by atoms with E-state index in [0.29, 0.717) is 11.5 Å². The molecule has 2 aromatic rings. The Bertz CT molecular complexity index is 710. The standard InChI is InChI=1S/C14H12N4O/c15-8-9-4-6-10(7-5-9)16-14-17-12-3-1-2-11(12)13(19)18-14/h4-7H,1-3H2,(H2,16,17,18,19). The lowest BCUT2D eigenvalue weighted by Crippen LogP contribution is -2.16. The van der Waals surface area contributed by atoms with E-state index in [2.05, 4.69) is 21.4 Å². The summed E-state index contributed by atoms with van der Waals surface area (Å²) in [6.07, 6.45) is 2.67. The van der Waals surface area contributed by atoms with Gasteiger partial charge in [0.1, 0.15) is 0 Å². The lowest BCUT2D eigenvalue weighted by molar-refractivity contribution is 0.899. The molecule has 1 aromatic carbocycles. The van der Waals surface area contributed by atoms with Crippen molar-refractivity contribution >= 4 is 11.6 Å². The molecule has 3 rings (SSSR count). The van der Waals surface area contributed by atoms with Crippen LogP contribution in [0.5, 0.6) is 0 Å². The number of aromatic nitrogens is 2. The minimum absolute atomic E-state index is 0.0568. The average Bonchev–Trinajstić information content (AvgIpc) is 2.88. The van der Waals surface area contributed by atoms with Crippen molar-refractivity contribution in [3.05, 3.63) is 51.4 Å². The van der Waals surface area contributed by atoms with Crippen LogP contribution in [-0.2, 0) is 12.8 Å². The highest BCUT2D eigenvalue weighted by molar-refractivity contribution is 5.55. The van der Waals surface area contributed by atoms with E-state index >= 15 is 0 Å². The number of hydrogen-bond donors (Lipinski definition) is 2. The van der Waals surface area contributed by atoms with E-state index in [-0.39, 0.29) is 5.56 Å². The van der Waals surface area contributed by atoms with Crippen LogP contribution in [0.1, 0.15) is 23.2 Å². The Labute approximate surface area is 109 Å². The summed E-state index contributed by atoms with van der Waals surface area (Å²) in [4.78, 5) is 19.0. The molecule has 0 bridgehead atoms. The minimum atomic E-state index is -0.0568. The quantitative estimate of drug-likeness (QED) is 0.854. The maximum absolute atomic E-state index is 11.8. The van der Waals surface area contributed by atoms with Crippen molar-refractivity contribution in [2.24, 2.45) is 0 Å². The van der Waals surface area contributed by atoms with Gasteiger partial charge in [-0.15, -0.1) is 0 Å². The average molecular weight is 252 g/mol. The summed E-state index contributed by atoms with van der Waals surface area (Å²) in [5, 5.41) is 11.8. The third-order valence-electron chi connectivity index (χ3n) is 3.22. The van der Waals surface area contributed by atoms with Gasteiger partial charge in [0, 0.05) is 11.3 Å². The fourth-order valence-electron chi connectivity index (χ4n) is 2.27. The Morgan fingerprint density at radius 1 is 1.26 bits per heavy atom. The van der Waals surface area contributed by atoms with Gasteiger partial charge >= 0.3 is 0 Å². The van der Waals surface area contributed by atoms with Crippen LogP contribution in [-0.4, -0.2) is 9.97 Å². The Balaban J connectivity index is 1.89. The van der Waals surface area contributed by atoms with Crippen LogP contribution in [0.15, 0.2) is 29.1 Å². The van der Waals surface area contributed by atoms with Crippen molar-refractivity contribution in [3.8, 4) is 6.07 Å². The van der Waals surface area contributed by atoms with Gasteiger partial charge in [-0.05, 0) is 43.5 Å². The molecule has 94 valence electrons. The van der Waals surface area contributed by atoms with Crippen molar-refractivity contribution in [3.63, 3.8) is 0 Å². The largest absolute Gasteiger partial charge is 0.326 e. The molecule has 2 N–H and O–H groups in total. The van der Waals surface area contributed by atoms with Crippen molar-refractivity contribution in [2.75, 3.05) is 5.32 Å². The zero-order chi connectivity index (χ0) is 13.2. The molecular formula is C14H12N4O. The van der Waals surface area contributed by atoms with Gasteiger partial charge in [-0.2, -0.15) is 5.26 Å². The molecule has 0 spiro atoms. The number of anilines is 2. The third kappa shape index (κ3) is 2.20. The fraction of sp³-hybridized carbons (Fsp3) is 0.214. The third-order valence-corrected chi connectivity index (χ3v) is 3.22. The second-order valence-electron chi connectivity index (χ2n) is 4.51. The van der Waals surface area contributed by atoms with E-state index < -0.39 is 0 Å². The molecule has 0 amide bonds. The number of H-pyrrole nitrogens is 1. The molecule has 5 nitrogen and oxygen atoms in total. The molecule has 0 radical (unpaired) electrons. The van der Waals surface area contributed by atoms with E-state index in [0.717, 1.165) is 36.2 Å². The van der Waals surface area contributed by atoms with E-state index in [1.807, 2.05) is 0 Å². The van der Waals surface area contributed by atoms with E-state index in [1.165, 1.54) is 0 Å². The Kier molecular flexibility index (Phi) is 2.76. The van der Waals surface area contributed by atoms with Crippen molar-refractivity contribution in [1.82, 2.24) is 9.97 Å². The molecule has 0 saturated carbocycles. The molecule has 0 saturated heterocycles. The Hall–Kier alpha value is -2.61. The number of benzene rings is 1. The number of nitriles is 1.